The highest BCUT2D eigenvalue weighted by molar-refractivity contribution is 5.46. The molecular formula is C9H12F3N3. The topological polar surface area (TPSA) is 43.8 Å². The highest BCUT2D eigenvalue weighted by Crippen LogP contribution is 2.28. The summed E-state index contributed by atoms with van der Waals surface area (Å²) in [7, 11) is 1.45. The first-order valence-electron chi connectivity index (χ1n) is 4.35. The summed E-state index contributed by atoms with van der Waals surface area (Å²) in [5, 5.41) is 3.36. The molecule has 0 bridgehead atoms. The first kappa shape index (κ1) is 11.8. The van der Waals surface area contributed by atoms with Crippen molar-refractivity contribution in [2.75, 3.05) is 0 Å². The summed E-state index contributed by atoms with van der Waals surface area (Å²) in [6.45, 7) is 1.73. The van der Waals surface area contributed by atoms with Crippen molar-refractivity contribution in [2.45, 2.75) is 19.1 Å². The van der Waals surface area contributed by atoms with Gasteiger partial charge >= 0.3 is 6.18 Å². The zero-order valence-electron chi connectivity index (χ0n) is 8.42. The molecule has 15 heavy (non-hydrogen) atoms. The summed E-state index contributed by atoms with van der Waals surface area (Å²) in [5.41, 5.74) is 4.92. The van der Waals surface area contributed by atoms with Crippen LogP contribution < -0.4 is 5.73 Å². The second-order valence-electron chi connectivity index (χ2n) is 3.29. The van der Waals surface area contributed by atoms with Gasteiger partial charge in [-0.1, -0.05) is 6.08 Å². The van der Waals surface area contributed by atoms with E-state index in [4.69, 9.17) is 5.73 Å². The lowest BCUT2D eigenvalue weighted by atomic mass is 10.2. The summed E-state index contributed by atoms with van der Waals surface area (Å²) in [6, 6.07) is 0.785. The molecule has 2 N–H and O–H groups in total. The van der Waals surface area contributed by atoms with Crippen LogP contribution in [0.1, 0.15) is 18.3 Å². The second-order valence-corrected chi connectivity index (χ2v) is 3.29. The van der Waals surface area contributed by atoms with Crippen LogP contribution in [-0.2, 0) is 13.2 Å². The zero-order valence-corrected chi connectivity index (χ0v) is 8.42. The number of hydrogen-bond acceptors (Lipinski definition) is 2. The third-order valence-electron chi connectivity index (χ3n) is 1.78. The molecule has 1 aromatic heterocycles. The van der Waals surface area contributed by atoms with Gasteiger partial charge in [0.1, 0.15) is 0 Å². The van der Waals surface area contributed by atoms with E-state index in [-0.39, 0.29) is 6.04 Å². The molecule has 3 nitrogen and oxygen atoms in total. The molecule has 0 aromatic carbocycles. The van der Waals surface area contributed by atoms with E-state index in [9.17, 15) is 13.2 Å². The minimum Gasteiger partial charge on any atom is -0.325 e. The minimum atomic E-state index is -4.40. The van der Waals surface area contributed by atoms with Crippen LogP contribution in [0.3, 0.4) is 0 Å². The molecule has 0 aliphatic rings. The molecule has 0 amide bonds. The van der Waals surface area contributed by atoms with Crippen molar-refractivity contribution >= 4 is 6.08 Å². The number of hydrogen-bond donors (Lipinski definition) is 1. The first-order valence-corrected chi connectivity index (χ1v) is 4.35. The smallest absolute Gasteiger partial charge is 0.325 e. The van der Waals surface area contributed by atoms with Crippen molar-refractivity contribution in [3.05, 3.63) is 23.5 Å². The fourth-order valence-electron chi connectivity index (χ4n) is 1.03. The van der Waals surface area contributed by atoms with Crippen molar-refractivity contribution in [3.63, 3.8) is 0 Å². The van der Waals surface area contributed by atoms with E-state index in [1.165, 1.54) is 17.8 Å². The fourth-order valence-corrected chi connectivity index (χ4v) is 1.03. The third kappa shape index (κ3) is 3.09. The quantitative estimate of drug-likeness (QED) is 0.824. The van der Waals surface area contributed by atoms with Crippen molar-refractivity contribution in [3.8, 4) is 0 Å². The van der Waals surface area contributed by atoms with Crippen molar-refractivity contribution < 1.29 is 13.2 Å². The number of nitrogens with two attached hydrogens (primary N) is 1. The lowest BCUT2D eigenvalue weighted by Gasteiger charge is -1.98. The van der Waals surface area contributed by atoms with Gasteiger partial charge in [-0.2, -0.15) is 18.3 Å². The Morgan fingerprint density at radius 2 is 2.13 bits per heavy atom. The molecule has 84 valence electrons. The van der Waals surface area contributed by atoms with Crippen LogP contribution in [0, 0.1) is 0 Å². The monoisotopic (exact) mass is 219 g/mol. The molecule has 6 heteroatoms. The Labute approximate surface area is 85.4 Å². The molecule has 1 atom stereocenters. The zero-order chi connectivity index (χ0) is 11.6. The van der Waals surface area contributed by atoms with E-state index < -0.39 is 11.9 Å². The van der Waals surface area contributed by atoms with E-state index >= 15 is 0 Å². The Kier molecular flexibility index (Phi) is 3.18. The van der Waals surface area contributed by atoms with E-state index in [0.717, 1.165) is 6.07 Å². The molecule has 1 aromatic rings. The molecular weight excluding hydrogens is 207 g/mol. The molecule has 0 spiro atoms. The van der Waals surface area contributed by atoms with Crippen LogP contribution in [-0.4, -0.2) is 15.8 Å². The lowest BCUT2D eigenvalue weighted by molar-refractivity contribution is -0.141. The second kappa shape index (κ2) is 4.06. The van der Waals surface area contributed by atoms with Crippen LogP contribution in [0.2, 0.25) is 0 Å². The van der Waals surface area contributed by atoms with E-state index in [1.807, 2.05) is 0 Å². The van der Waals surface area contributed by atoms with E-state index in [2.05, 4.69) is 5.10 Å². The molecule has 0 radical (unpaired) electrons. The summed E-state index contributed by atoms with van der Waals surface area (Å²) in [6.07, 6.45) is -1.28. The van der Waals surface area contributed by atoms with Gasteiger partial charge in [0.2, 0.25) is 0 Å². The normalized spacial score (nSPS) is 14.8. The average Bonchev–Trinajstić information content (AvgIpc) is 2.42. The van der Waals surface area contributed by atoms with Gasteiger partial charge in [-0.15, -0.1) is 0 Å². The van der Waals surface area contributed by atoms with Crippen LogP contribution in [0.5, 0.6) is 0 Å². The van der Waals surface area contributed by atoms with Crippen molar-refractivity contribution in [1.82, 2.24) is 9.78 Å². The van der Waals surface area contributed by atoms with Crippen molar-refractivity contribution in [2.24, 2.45) is 12.8 Å². The Hall–Kier alpha value is -1.30. The molecule has 1 unspecified atom stereocenters. The SMILES string of the molecule is CC(N)/C=C/c1cc(C(F)(F)F)nn1C. The van der Waals surface area contributed by atoms with Crippen LogP contribution in [0.15, 0.2) is 12.1 Å². The predicted molar refractivity (Wildman–Crippen MR) is 50.9 cm³/mol. The molecule has 0 saturated carbocycles. The Morgan fingerprint density at radius 1 is 1.53 bits per heavy atom. The Bertz CT molecular complexity index is 363. The average molecular weight is 219 g/mol. The summed E-state index contributed by atoms with van der Waals surface area (Å²) in [4.78, 5) is 0. The molecule has 0 aliphatic heterocycles. The van der Waals surface area contributed by atoms with Gasteiger partial charge in [0, 0.05) is 13.1 Å². The number of rotatable bonds is 2. The van der Waals surface area contributed by atoms with Gasteiger partial charge in [0.25, 0.3) is 0 Å². The van der Waals surface area contributed by atoms with Crippen LogP contribution in [0.25, 0.3) is 6.08 Å². The van der Waals surface area contributed by atoms with Crippen LogP contribution >= 0.6 is 0 Å². The van der Waals surface area contributed by atoms with Gasteiger partial charge in [-0.25, -0.2) is 0 Å². The molecule has 0 saturated heterocycles. The summed E-state index contributed by atoms with van der Waals surface area (Å²) >= 11 is 0. The third-order valence-corrected chi connectivity index (χ3v) is 1.78. The number of aromatic nitrogens is 2. The predicted octanol–water partition coefficient (Wildman–Crippen LogP) is 1.80. The Balaban J connectivity index is 2.97. The highest BCUT2D eigenvalue weighted by Gasteiger charge is 2.34. The van der Waals surface area contributed by atoms with Gasteiger partial charge < -0.3 is 5.73 Å². The summed E-state index contributed by atoms with van der Waals surface area (Å²) < 4.78 is 37.9. The number of halogens is 3. The maximum Gasteiger partial charge on any atom is 0.435 e. The minimum absolute atomic E-state index is 0.200. The van der Waals surface area contributed by atoms with Crippen LogP contribution in [0.4, 0.5) is 13.2 Å². The molecule has 1 rings (SSSR count). The first-order chi connectivity index (χ1) is 6.80. The number of alkyl halides is 3. The Morgan fingerprint density at radius 3 is 2.53 bits per heavy atom. The molecule has 1 heterocycles. The number of nitrogens with zero attached hydrogens (tertiary/aromatic N) is 2. The maximum absolute atomic E-state index is 12.3. The van der Waals surface area contributed by atoms with E-state index in [1.54, 1.807) is 13.0 Å². The van der Waals surface area contributed by atoms with Gasteiger partial charge in [-0.3, -0.25) is 4.68 Å². The highest BCUT2D eigenvalue weighted by atomic mass is 19.4. The van der Waals surface area contributed by atoms with Gasteiger partial charge in [0.05, 0.1) is 5.69 Å². The lowest BCUT2D eigenvalue weighted by Crippen LogP contribution is -2.10. The largest absolute Gasteiger partial charge is 0.435 e. The van der Waals surface area contributed by atoms with Gasteiger partial charge in [0.15, 0.2) is 5.69 Å². The number of aryl methyl sites for hydroxylation is 1. The standard InChI is InChI=1S/C9H12F3N3/c1-6(13)3-4-7-5-8(9(10,11)12)14-15(7)2/h3-6H,13H2,1-2H3/b4-3+. The van der Waals surface area contributed by atoms with Crippen molar-refractivity contribution in [1.29, 1.82) is 0 Å². The molecule has 0 fully saturated rings. The maximum atomic E-state index is 12.3. The molecule has 0 aliphatic carbocycles. The van der Waals surface area contributed by atoms with Gasteiger partial charge in [-0.05, 0) is 19.1 Å². The summed E-state index contributed by atoms with van der Waals surface area (Å²) in [5.74, 6) is 0. The van der Waals surface area contributed by atoms with E-state index in [0.29, 0.717) is 5.69 Å². The fraction of sp³-hybridized carbons (Fsp3) is 0.444.